The minimum atomic E-state index is -3.64. The zero-order valence-electron chi connectivity index (χ0n) is 10.6. The maximum atomic E-state index is 9.33. The van der Waals surface area contributed by atoms with E-state index in [9.17, 15) is 9.67 Å². The maximum Gasteiger partial charge on any atom is 0.322 e. The molecule has 0 aliphatic carbocycles. The third kappa shape index (κ3) is 10.1. The Kier molecular flexibility index (Phi) is 7.12. The van der Waals surface area contributed by atoms with E-state index in [0.29, 0.717) is 5.75 Å². The Morgan fingerprint density at radius 1 is 1.29 bits per heavy atom. The monoisotopic (exact) mass is 260 g/mol. The average Bonchev–Trinajstić information content (AvgIpc) is 2.17. The topological polar surface area (TPSA) is 77.8 Å². The largest absolute Gasteiger partial charge is 0.508 e. The smallest absolute Gasteiger partial charge is 0.322 e. The molecule has 0 aliphatic rings. The number of aryl methyl sites for hydroxylation is 2. The van der Waals surface area contributed by atoms with Gasteiger partial charge in [0.15, 0.2) is 0 Å². The molecule has 0 aromatic heterocycles. The van der Waals surface area contributed by atoms with Crippen LogP contribution in [-0.2, 0) is 11.0 Å². The number of rotatable bonds is 3. The molecule has 0 unspecified atom stereocenters. The fraction of sp³-hybridized carbons (Fsp3) is 0.500. The number of phenolic OH excluding ortho intramolecular Hbond substituents is 1. The SMILES string of the molecule is CCCCc1ccc(O)c(C)c1.CP(=O)(O)O. The summed E-state index contributed by atoms with van der Waals surface area (Å²) in [6, 6.07) is 5.84. The van der Waals surface area contributed by atoms with E-state index < -0.39 is 7.60 Å². The number of phenols is 1. The number of unbranched alkanes of at least 4 members (excludes halogenated alkanes) is 1. The van der Waals surface area contributed by atoms with Gasteiger partial charge in [0.25, 0.3) is 0 Å². The maximum absolute atomic E-state index is 9.33. The molecule has 1 rings (SSSR count). The van der Waals surface area contributed by atoms with E-state index in [2.05, 4.69) is 13.0 Å². The molecule has 98 valence electrons. The van der Waals surface area contributed by atoms with Crippen LogP contribution in [0.2, 0.25) is 0 Å². The van der Waals surface area contributed by atoms with E-state index in [4.69, 9.17) is 9.79 Å². The van der Waals surface area contributed by atoms with Crippen molar-refractivity contribution >= 4 is 7.60 Å². The van der Waals surface area contributed by atoms with Crippen LogP contribution in [0.25, 0.3) is 0 Å². The third-order valence-electron chi connectivity index (χ3n) is 2.08. The van der Waals surface area contributed by atoms with Gasteiger partial charge in [-0.1, -0.05) is 25.5 Å². The summed E-state index contributed by atoms with van der Waals surface area (Å²) in [5.74, 6) is 0.398. The van der Waals surface area contributed by atoms with Crippen molar-refractivity contribution in [3.8, 4) is 5.75 Å². The van der Waals surface area contributed by atoms with Crippen molar-refractivity contribution in [2.75, 3.05) is 6.66 Å². The van der Waals surface area contributed by atoms with Crippen LogP contribution in [0.5, 0.6) is 5.75 Å². The van der Waals surface area contributed by atoms with Crippen molar-refractivity contribution in [2.45, 2.75) is 33.1 Å². The molecular formula is C12H21O4P. The fourth-order valence-corrected chi connectivity index (χ4v) is 1.25. The first kappa shape index (κ1) is 16.2. The average molecular weight is 260 g/mol. The van der Waals surface area contributed by atoms with Crippen LogP contribution in [0.3, 0.4) is 0 Å². The quantitative estimate of drug-likeness (QED) is 0.730. The molecule has 5 heteroatoms. The molecule has 0 fully saturated rings. The Balaban J connectivity index is 0.000000437. The minimum absolute atomic E-state index is 0.398. The second-order valence-corrected chi connectivity index (χ2v) is 5.73. The zero-order valence-corrected chi connectivity index (χ0v) is 11.4. The molecule has 1 aromatic rings. The molecule has 1 aromatic carbocycles. The highest BCUT2D eigenvalue weighted by molar-refractivity contribution is 7.50. The molecule has 0 amide bonds. The summed E-state index contributed by atoms with van der Waals surface area (Å²) < 4.78 is 9.33. The zero-order chi connectivity index (χ0) is 13.5. The second-order valence-electron chi connectivity index (χ2n) is 4.06. The first-order chi connectivity index (χ1) is 7.74. The van der Waals surface area contributed by atoms with E-state index in [-0.39, 0.29) is 0 Å². The van der Waals surface area contributed by atoms with E-state index in [1.54, 1.807) is 6.07 Å². The van der Waals surface area contributed by atoms with Crippen LogP contribution >= 0.6 is 7.60 Å². The molecule has 4 nitrogen and oxygen atoms in total. The molecule has 0 radical (unpaired) electrons. The van der Waals surface area contributed by atoms with Gasteiger partial charge in [0, 0.05) is 6.66 Å². The second kappa shape index (κ2) is 7.49. The molecule has 0 spiro atoms. The predicted molar refractivity (Wildman–Crippen MR) is 69.4 cm³/mol. The summed E-state index contributed by atoms with van der Waals surface area (Å²) in [5.41, 5.74) is 2.30. The van der Waals surface area contributed by atoms with Crippen molar-refractivity contribution < 1.29 is 19.5 Å². The highest BCUT2D eigenvalue weighted by Gasteiger charge is 1.97. The van der Waals surface area contributed by atoms with Crippen molar-refractivity contribution in [1.29, 1.82) is 0 Å². The Morgan fingerprint density at radius 2 is 1.82 bits per heavy atom. The van der Waals surface area contributed by atoms with Crippen LogP contribution < -0.4 is 0 Å². The predicted octanol–water partition coefficient (Wildman–Crippen LogP) is 2.84. The van der Waals surface area contributed by atoms with Gasteiger partial charge in [-0.05, 0) is 37.0 Å². The lowest BCUT2D eigenvalue weighted by Crippen LogP contribution is -1.85. The van der Waals surface area contributed by atoms with Gasteiger partial charge in [0.05, 0.1) is 0 Å². The van der Waals surface area contributed by atoms with Gasteiger partial charge in [-0.15, -0.1) is 0 Å². The highest BCUT2D eigenvalue weighted by atomic mass is 31.2. The molecule has 0 bridgehead atoms. The van der Waals surface area contributed by atoms with Gasteiger partial charge in [-0.2, -0.15) is 0 Å². The Bertz CT molecular complexity index is 376. The first-order valence-corrected chi connectivity index (χ1v) is 7.61. The Labute approximate surface area is 102 Å². The van der Waals surface area contributed by atoms with Gasteiger partial charge in [0.2, 0.25) is 0 Å². The number of aromatic hydroxyl groups is 1. The summed E-state index contributed by atoms with van der Waals surface area (Å²) in [6.07, 6.45) is 3.57. The first-order valence-electron chi connectivity index (χ1n) is 5.55. The lowest BCUT2D eigenvalue weighted by molar-refractivity contribution is 0.381. The summed E-state index contributed by atoms with van der Waals surface area (Å²) in [7, 11) is -3.64. The molecule has 0 atom stereocenters. The third-order valence-corrected chi connectivity index (χ3v) is 2.08. The normalized spacial score (nSPS) is 10.6. The summed E-state index contributed by atoms with van der Waals surface area (Å²) in [6.45, 7) is 4.98. The van der Waals surface area contributed by atoms with Crippen LogP contribution in [-0.4, -0.2) is 21.6 Å². The van der Waals surface area contributed by atoms with Crippen molar-refractivity contribution in [3.63, 3.8) is 0 Å². The van der Waals surface area contributed by atoms with Gasteiger partial charge < -0.3 is 14.9 Å². The standard InChI is InChI=1S/C11H16O.CH5O3P/c1-3-4-5-10-6-7-11(12)9(2)8-10;1-5(2,3)4/h6-8,12H,3-5H2,1-2H3;1H3,(H2,2,3,4). The van der Waals surface area contributed by atoms with E-state index in [1.165, 1.54) is 18.4 Å². The molecule has 0 heterocycles. The number of benzene rings is 1. The van der Waals surface area contributed by atoms with Gasteiger partial charge in [-0.3, -0.25) is 4.57 Å². The van der Waals surface area contributed by atoms with Crippen molar-refractivity contribution in [3.05, 3.63) is 29.3 Å². The highest BCUT2D eigenvalue weighted by Crippen LogP contribution is 2.26. The van der Waals surface area contributed by atoms with Gasteiger partial charge >= 0.3 is 7.60 Å². The summed E-state index contributed by atoms with van der Waals surface area (Å²) >= 11 is 0. The van der Waals surface area contributed by atoms with Crippen molar-refractivity contribution in [1.82, 2.24) is 0 Å². The molecule has 3 N–H and O–H groups in total. The summed E-state index contributed by atoms with van der Waals surface area (Å²) in [5, 5.41) is 9.27. The molecular weight excluding hydrogens is 239 g/mol. The lowest BCUT2D eigenvalue weighted by atomic mass is 10.1. The van der Waals surface area contributed by atoms with E-state index >= 15 is 0 Å². The van der Waals surface area contributed by atoms with Crippen LogP contribution in [0.4, 0.5) is 0 Å². The Hall–Kier alpha value is -0.830. The number of hydrogen-bond donors (Lipinski definition) is 3. The summed E-state index contributed by atoms with van der Waals surface area (Å²) in [4.78, 5) is 15.3. The number of hydrogen-bond acceptors (Lipinski definition) is 2. The van der Waals surface area contributed by atoms with E-state index in [0.717, 1.165) is 18.6 Å². The van der Waals surface area contributed by atoms with Crippen molar-refractivity contribution in [2.24, 2.45) is 0 Å². The van der Waals surface area contributed by atoms with Crippen LogP contribution in [0, 0.1) is 6.92 Å². The molecule has 17 heavy (non-hydrogen) atoms. The van der Waals surface area contributed by atoms with Gasteiger partial charge in [0.1, 0.15) is 5.75 Å². The fourth-order valence-electron chi connectivity index (χ4n) is 1.25. The van der Waals surface area contributed by atoms with Crippen LogP contribution in [0.15, 0.2) is 18.2 Å². The lowest BCUT2D eigenvalue weighted by Gasteiger charge is -2.02. The van der Waals surface area contributed by atoms with Crippen LogP contribution in [0.1, 0.15) is 30.9 Å². The molecule has 0 aliphatic heterocycles. The minimum Gasteiger partial charge on any atom is -0.508 e. The van der Waals surface area contributed by atoms with Gasteiger partial charge in [-0.25, -0.2) is 0 Å². The molecule has 0 saturated carbocycles. The van der Waals surface area contributed by atoms with E-state index in [1.807, 2.05) is 13.0 Å². The Morgan fingerprint density at radius 3 is 2.24 bits per heavy atom. The molecule has 0 saturated heterocycles.